The quantitative estimate of drug-likeness (QED) is 0.504. The standard InChI is InChI=1S/C20H21ClN6O3/c1-11-9-25(10-12(2)26(11)13(3)28)20-18(27(29)30)5-4-17(24-20)16-8-23-19-15(16)6-14(21)7-22-19/h4-8,11-12H,9-10H2,1-3H3,(H,22,23)/t11-,12+. The van der Waals surface area contributed by atoms with Gasteiger partial charge in [0, 0.05) is 61.5 Å². The average Bonchev–Trinajstić information content (AvgIpc) is 3.09. The fourth-order valence-electron chi connectivity index (χ4n) is 4.27. The number of anilines is 1. The largest absolute Gasteiger partial charge is 0.347 e. The molecule has 1 aliphatic rings. The summed E-state index contributed by atoms with van der Waals surface area (Å²) in [7, 11) is 0. The molecular weight excluding hydrogens is 408 g/mol. The first-order valence-electron chi connectivity index (χ1n) is 9.58. The smallest absolute Gasteiger partial charge is 0.311 e. The van der Waals surface area contributed by atoms with Crippen molar-refractivity contribution < 1.29 is 9.72 Å². The average molecular weight is 429 g/mol. The maximum absolute atomic E-state index is 12.0. The topological polar surface area (TPSA) is 108 Å². The van der Waals surface area contributed by atoms with Crippen molar-refractivity contribution in [2.75, 3.05) is 18.0 Å². The first kappa shape index (κ1) is 20.1. The maximum atomic E-state index is 12.0. The van der Waals surface area contributed by atoms with Crippen molar-refractivity contribution in [2.24, 2.45) is 0 Å². The highest BCUT2D eigenvalue weighted by molar-refractivity contribution is 6.31. The molecule has 0 unspecified atom stereocenters. The van der Waals surface area contributed by atoms with Crippen molar-refractivity contribution in [3.63, 3.8) is 0 Å². The minimum Gasteiger partial charge on any atom is -0.347 e. The molecule has 156 valence electrons. The summed E-state index contributed by atoms with van der Waals surface area (Å²) in [6, 6.07) is 4.71. The lowest BCUT2D eigenvalue weighted by Gasteiger charge is -2.44. The third kappa shape index (κ3) is 3.45. The fraction of sp³-hybridized carbons (Fsp3) is 0.350. The Morgan fingerprint density at radius 1 is 1.30 bits per heavy atom. The molecule has 3 aromatic heterocycles. The third-order valence-corrected chi connectivity index (χ3v) is 5.61. The number of rotatable bonds is 3. The van der Waals surface area contributed by atoms with Gasteiger partial charge in [-0.05, 0) is 26.0 Å². The van der Waals surface area contributed by atoms with Gasteiger partial charge in [-0.1, -0.05) is 11.6 Å². The van der Waals surface area contributed by atoms with Crippen LogP contribution in [-0.2, 0) is 4.79 Å². The fourth-order valence-corrected chi connectivity index (χ4v) is 4.43. The first-order chi connectivity index (χ1) is 14.3. The Balaban J connectivity index is 1.78. The van der Waals surface area contributed by atoms with Crippen LogP contribution in [0.1, 0.15) is 20.8 Å². The van der Waals surface area contributed by atoms with Crippen molar-refractivity contribution in [3.8, 4) is 11.3 Å². The van der Waals surface area contributed by atoms with Crippen LogP contribution in [0.4, 0.5) is 11.5 Å². The van der Waals surface area contributed by atoms with E-state index in [1.54, 1.807) is 36.4 Å². The number of fused-ring (bicyclic) bond motifs is 1. The van der Waals surface area contributed by atoms with Gasteiger partial charge in [0.25, 0.3) is 0 Å². The van der Waals surface area contributed by atoms with Gasteiger partial charge in [0.1, 0.15) is 5.65 Å². The van der Waals surface area contributed by atoms with Crippen molar-refractivity contribution >= 4 is 40.0 Å². The molecule has 3 aromatic rings. The van der Waals surface area contributed by atoms with E-state index < -0.39 is 4.92 Å². The van der Waals surface area contributed by atoms with Crippen LogP contribution in [0.2, 0.25) is 5.02 Å². The molecule has 4 heterocycles. The van der Waals surface area contributed by atoms with E-state index in [-0.39, 0.29) is 23.7 Å². The molecular formula is C20H21ClN6O3. The molecule has 9 nitrogen and oxygen atoms in total. The van der Waals surface area contributed by atoms with E-state index in [2.05, 4.69) is 15.0 Å². The minimum absolute atomic E-state index is 0.00553. The predicted octanol–water partition coefficient (Wildman–Crippen LogP) is 3.63. The number of pyridine rings is 2. The molecule has 30 heavy (non-hydrogen) atoms. The number of halogens is 1. The van der Waals surface area contributed by atoms with Gasteiger partial charge in [-0.25, -0.2) is 9.97 Å². The summed E-state index contributed by atoms with van der Waals surface area (Å²) < 4.78 is 0. The molecule has 1 amide bonds. The SMILES string of the molecule is CC(=O)N1[C@H](C)CN(c2nc(-c3c[nH]c4ncc(Cl)cc34)ccc2[N+](=O)[O-])C[C@@H]1C. The Bertz CT molecular complexity index is 1130. The second-order valence-electron chi connectivity index (χ2n) is 7.58. The van der Waals surface area contributed by atoms with Crippen LogP contribution in [0.5, 0.6) is 0 Å². The molecule has 4 rings (SSSR count). The molecule has 0 aromatic carbocycles. The first-order valence-corrected chi connectivity index (χ1v) is 9.96. The zero-order valence-electron chi connectivity index (χ0n) is 16.8. The Morgan fingerprint density at radius 2 is 2.00 bits per heavy atom. The number of carbonyl (C=O) groups is 1. The highest BCUT2D eigenvalue weighted by Gasteiger charge is 2.34. The van der Waals surface area contributed by atoms with Crippen LogP contribution in [0.15, 0.2) is 30.6 Å². The van der Waals surface area contributed by atoms with Gasteiger partial charge >= 0.3 is 5.69 Å². The lowest BCUT2D eigenvalue weighted by atomic mass is 10.1. The number of aromatic nitrogens is 3. The predicted molar refractivity (Wildman–Crippen MR) is 115 cm³/mol. The number of nitrogens with one attached hydrogen (secondary N) is 1. The molecule has 0 aliphatic carbocycles. The van der Waals surface area contributed by atoms with Crippen molar-refractivity contribution in [1.82, 2.24) is 19.9 Å². The molecule has 1 fully saturated rings. The number of piperazine rings is 1. The normalized spacial score (nSPS) is 19.3. The monoisotopic (exact) mass is 428 g/mol. The van der Waals surface area contributed by atoms with Crippen molar-refractivity contribution in [2.45, 2.75) is 32.9 Å². The van der Waals surface area contributed by atoms with E-state index in [0.29, 0.717) is 35.3 Å². The molecule has 1 saturated heterocycles. The number of carbonyl (C=O) groups excluding carboxylic acids is 1. The molecule has 10 heteroatoms. The van der Waals surface area contributed by atoms with Crippen LogP contribution in [0.25, 0.3) is 22.3 Å². The summed E-state index contributed by atoms with van der Waals surface area (Å²) in [6.45, 7) is 6.34. The van der Waals surface area contributed by atoms with Crippen LogP contribution in [-0.4, -0.2) is 55.9 Å². The van der Waals surface area contributed by atoms with Crippen molar-refractivity contribution in [3.05, 3.63) is 45.7 Å². The lowest BCUT2D eigenvalue weighted by molar-refractivity contribution is -0.384. The van der Waals surface area contributed by atoms with Crippen LogP contribution < -0.4 is 4.90 Å². The molecule has 0 spiro atoms. The Morgan fingerprint density at radius 3 is 2.63 bits per heavy atom. The van der Waals surface area contributed by atoms with E-state index in [1.165, 1.54) is 6.07 Å². The number of nitro groups is 1. The summed E-state index contributed by atoms with van der Waals surface area (Å²) in [5.41, 5.74) is 1.94. The summed E-state index contributed by atoms with van der Waals surface area (Å²) in [5, 5.41) is 13.0. The van der Waals surface area contributed by atoms with Crippen LogP contribution in [0.3, 0.4) is 0 Å². The van der Waals surface area contributed by atoms with Crippen LogP contribution in [0, 0.1) is 10.1 Å². The highest BCUT2D eigenvalue weighted by Crippen LogP contribution is 2.34. The van der Waals surface area contributed by atoms with E-state index >= 15 is 0 Å². The van der Waals surface area contributed by atoms with Gasteiger partial charge in [0.2, 0.25) is 11.7 Å². The second kappa shape index (κ2) is 7.56. The number of aromatic amines is 1. The van der Waals surface area contributed by atoms with Gasteiger partial charge in [0.05, 0.1) is 15.6 Å². The third-order valence-electron chi connectivity index (χ3n) is 5.41. The second-order valence-corrected chi connectivity index (χ2v) is 8.01. The summed E-state index contributed by atoms with van der Waals surface area (Å²) in [5.74, 6) is 0.290. The minimum atomic E-state index is -0.424. The number of hydrogen-bond donors (Lipinski definition) is 1. The van der Waals surface area contributed by atoms with E-state index in [9.17, 15) is 14.9 Å². The van der Waals surface area contributed by atoms with Crippen molar-refractivity contribution in [1.29, 1.82) is 0 Å². The van der Waals surface area contributed by atoms with Gasteiger partial charge < -0.3 is 14.8 Å². The number of H-pyrrole nitrogens is 1. The molecule has 1 N–H and O–H groups in total. The molecule has 0 bridgehead atoms. The zero-order chi connectivity index (χ0) is 21.6. The molecule has 2 atom stereocenters. The van der Waals surface area contributed by atoms with E-state index in [4.69, 9.17) is 11.6 Å². The Hall–Kier alpha value is -3.20. The summed E-state index contributed by atoms with van der Waals surface area (Å²) in [4.78, 5) is 38.9. The molecule has 1 aliphatic heterocycles. The van der Waals surface area contributed by atoms with Gasteiger partial charge in [-0.3, -0.25) is 14.9 Å². The van der Waals surface area contributed by atoms with E-state index in [0.717, 1.165) is 10.9 Å². The van der Waals surface area contributed by atoms with Gasteiger partial charge in [-0.15, -0.1) is 0 Å². The Kier molecular flexibility index (Phi) is 5.07. The Labute approximate surface area is 177 Å². The maximum Gasteiger partial charge on any atom is 0.311 e. The summed E-state index contributed by atoms with van der Waals surface area (Å²) in [6.07, 6.45) is 3.32. The molecule has 0 radical (unpaired) electrons. The van der Waals surface area contributed by atoms with Gasteiger partial charge in [0.15, 0.2) is 0 Å². The summed E-state index contributed by atoms with van der Waals surface area (Å²) >= 11 is 6.10. The lowest BCUT2D eigenvalue weighted by Crippen LogP contribution is -2.58. The number of amides is 1. The van der Waals surface area contributed by atoms with Gasteiger partial charge in [-0.2, -0.15) is 0 Å². The van der Waals surface area contributed by atoms with Crippen LogP contribution >= 0.6 is 11.6 Å². The number of hydrogen-bond acceptors (Lipinski definition) is 6. The van der Waals surface area contributed by atoms with E-state index in [1.807, 2.05) is 18.7 Å². The molecule has 0 saturated carbocycles. The highest BCUT2D eigenvalue weighted by atomic mass is 35.5. The zero-order valence-corrected chi connectivity index (χ0v) is 17.6. The number of nitrogens with zero attached hydrogens (tertiary/aromatic N) is 5.